The van der Waals surface area contributed by atoms with E-state index in [0.717, 1.165) is 11.8 Å². The topological polar surface area (TPSA) is 9.23 Å². The summed E-state index contributed by atoms with van der Waals surface area (Å²) in [5.41, 5.74) is 0. The van der Waals surface area contributed by atoms with Gasteiger partial charge >= 0.3 is 0 Å². The Hall–Kier alpha value is -0.0400. The van der Waals surface area contributed by atoms with Crippen molar-refractivity contribution in [2.75, 3.05) is 0 Å². The zero-order valence-corrected chi connectivity index (χ0v) is 8.25. The molecule has 0 aromatic carbocycles. The van der Waals surface area contributed by atoms with Crippen molar-refractivity contribution >= 4 is 0 Å². The number of ether oxygens (including phenoxy) is 1. The number of fused-ring (bicyclic) bond motifs is 2. The van der Waals surface area contributed by atoms with Crippen molar-refractivity contribution in [2.24, 2.45) is 11.8 Å². The van der Waals surface area contributed by atoms with Crippen molar-refractivity contribution in [3.63, 3.8) is 0 Å². The van der Waals surface area contributed by atoms with Crippen LogP contribution < -0.4 is 0 Å². The van der Waals surface area contributed by atoms with E-state index in [4.69, 9.17) is 4.74 Å². The van der Waals surface area contributed by atoms with Crippen LogP contribution in [0.1, 0.15) is 46.0 Å². The van der Waals surface area contributed by atoms with Crippen molar-refractivity contribution in [3.8, 4) is 0 Å². The molecule has 0 aromatic heterocycles. The summed E-state index contributed by atoms with van der Waals surface area (Å²) < 4.78 is 5.82. The molecule has 70 valence electrons. The minimum atomic E-state index is 0.646. The van der Waals surface area contributed by atoms with Gasteiger partial charge in [0.25, 0.3) is 0 Å². The van der Waals surface area contributed by atoms with E-state index in [1.54, 1.807) is 0 Å². The fourth-order valence-electron chi connectivity index (χ4n) is 2.59. The third-order valence-electron chi connectivity index (χ3n) is 3.35. The Morgan fingerprint density at radius 3 is 2.67 bits per heavy atom. The van der Waals surface area contributed by atoms with E-state index in [2.05, 4.69) is 13.8 Å². The SMILES string of the molecule is CC(C)CCC1CC2CCC1O2. The van der Waals surface area contributed by atoms with Crippen LogP contribution in [0.2, 0.25) is 0 Å². The van der Waals surface area contributed by atoms with Crippen LogP contribution in [0.15, 0.2) is 0 Å². The van der Waals surface area contributed by atoms with E-state index in [0.29, 0.717) is 12.2 Å². The van der Waals surface area contributed by atoms with Gasteiger partial charge in [-0.1, -0.05) is 20.3 Å². The molecule has 0 amide bonds. The molecule has 0 spiro atoms. The molecule has 3 unspecified atom stereocenters. The van der Waals surface area contributed by atoms with Gasteiger partial charge in [-0.15, -0.1) is 0 Å². The van der Waals surface area contributed by atoms with Crippen LogP contribution in [0.3, 0.4) is 0 Å². The Bertz CT molecular complexity index is 153. The highest BCUT2D eigenvalue weighted by Crippen LogP contribution is 2.41. The molecular weight excluding hydrogens is 148 g/mol. The van der Waals surface area contributed by atoms with Crippen molar-refractivity contribution < 1.29 is 4.74 Å². The van der Waals surface area contributed by atoms with Gasteiger partial charge < -0.3 is 4.74 Å². The van der Waals surface area contributed by atoms with Crippen LogP contribution in [0.25, 0.3) is 0 Å². The zero-order chi connectivity index (χ0) is 8.55. The van der Waals surface area contributed by atoms with E-state index in [9.17, 15) is 0 Å². The summed E-state index contributed by atoms with van der Waals surface area (Å²) >= 11 is 0. The molecule has 2 aliphatic heterocycles. The molecule has 12 heavy (non-hydrogen) atoms. The van der Waals surface area contributed by atoms with Crippen LogP contribution in [0.4, 0.5) is 0 Å². The van der Waals surface area contributed by atoms with Crippen LogP contribution in [0, 0.1) is 11.8 Å². The molecule has 0 radical (unpaired) electrons. The monoisotopic (exact) mass is 168 g/mol. The van der Waals surface area contributed by atoms with Crippen LogP contribution >= 0.6 is 0 Å². The van der Waals surface area contributed by atoms with Gasteiger partial charge in [-0.05, 0) is 37.5 Å². The van der Waals surface area contributed by atoms with Crippen LogP contribution in [-0.2, 0) is 4.74 Å². The first-order valence-corrected chi connectivity index (χ1v) is 5.41. The van der Waals surface area contributed by atoms with Crippen molar-refractivity contribution in [2.45, 2.75) is 58.2 Å². The first-order chi connectivity index (χ1) is 5.75. The third kappa shape index (κ3) is 1.66. The molecule has 2 fully saturated rings. The third-order valence-corrected chi connectivity index (χ3v) is 3.35. The lowest BCUT2D eigenvalue weighted by molar-refractivity contribution is 0.0904. The van der Waals surface area contributed by atoms with E-state index in [-0.39, 0.29) is 0 Å². The maximum Gasteiger partial charge on any atom is 0.0609 e. The quantitative estimate of drug-likeness (QED) is 0.629. The molecule has 2 rings (SSSR count). The summed E-state index contributed by atoms with van der Waals surface area (Å²) in [6.45, 7) is 4.63. The van der Waals surface area contributed by atoms with E-state index < -0.39 is 0 Å². The van der Waals surface area contributed by atoms with Crippen LogP contribution in [-0.4, -0.2) is 12.2 Å². The van der Waals surface area contributed by atoms with Gasteiger partial charge in [-0.3, -0.25) is 0 Å². The Labute approximate surface area is 75.5 Å². The molecule has 0 saturated carbocycles. The standard InChI is InChI=1S/C11H20O/c1-8(2)3-4-9-7-10-5-6-11(9)12-10/h8-11H,3-7H2,1-2H3. The predicted octanol–water partition coefficient (Wildman–Crippen LogP) is 2.99. The minimum Gasteiger partial charge on any atom is -0.375 e. The minimum absolute atomic E-state index is 0.646. The average Bonchev–Trinajstić information content (AvgIpc) is 2.60. The van der Waals surface area contributed by atoms with E-state index in [1.165, 1.54) is 32.1 Å². The molecule has 2 aliphatic rings. The maximum atomic E-state index is 5.82. The Balaban J connectivity index is 1.76. The molecule has 0 aromatic rings. The Kier molecular flexibility index (Phi) is 2.40. The lowest BCUT2D eigenvalue weighted by Crippen LogP contribution is -2.16. The summed E-state index contributed by atoms with van der Waals surface area (Å²) in [5, 5.41) is 0. The Morgan fingerprint density at radius 1 is 1.33 bits per heavy atom. The predicted molar refractivity (Wildman–Crippen MR) is 50.1 cm³/mol. The number of hydrogen-bond acceptors (Lipinski definition) is 1. The highest BCUT2D eigenvalue weighted by molar-refractivity contribution is 4.89. The van der Waals surface area contributed by atoms with Gasteiger partial charge in [-0.25, -0.2) is 0 Å². The lowest BCUT2D eigenvalue weighted by atomic mass is 9.84. The second-order valence-corrected chi connectivity index (χ2v) is 4.84. The van der Waals surface area contributed by atoms with E-state index in [1.807, 2.05) is 0 Å². The summed E-state index contributed by atoms with van der Waals surface area (Å²) in [5.74, 6) is 1.77. The smallest absolute Gasteiger partial charge is 0.0609 e. The van der Waals surface area contributed by atoms with Gasteiger partial charge in [0.2, 0.25) is 0 Å². The fraction of sp³-hybridized carbons (Fsp3) is 1.00. The number of hydrogen-bond donors (Lipinski definition) is 0. The van der Waals surface area contributed by atoms with Gasteiger partial charge in [0, 0.05) is 0 Å². The highest BCUT2D eigenvalue weighted by atomic mass is 16.5. The fourth-order valence-corrected chi connectivity index (χ4v) is 2.59. The first kappa shape index (κ1) is 8.55. The van der Waals surface area contributed by atoms with Gasteiger partial charge in [0.15, 0.2) is 0 Å². The second-order valence-electron chi connectivity index (χ2n) is 4.84. The highest BCUT2D eigenvalue weighted by Gasteiger charge is 2.39. The van der Waals surface area contributed by atoms with Crippen LogP contribution in [0.5, 0.6) is 0 Å². The molecular formula is C11H20O. The molecule has 1 heteroatoms. The van der Waals surface area contributed by atoms with Gasteiger partial charge in [0.05, 0.1) is 12.2 Å². The zero-order valence-electron chi connectivity index (χ0n) is 8.25. The molecule has 2 bridgehead atoms. The summed E-state index contributed by atoms with van der Waals surface area (Å²) in [7, 11) is 0. The molecule has 3 atom stereocenters. The molecule has 2 heterocycles. The average molecular weight is 168 g/mol. The molecule has 0 aliphatic carbocycles. The normalized spacial score (nSPS) is 39.8. The maximum absolute atomic E-state index is 5.82. The summed E-state index contributed by atoms with van der Waals surface area (Å²) in [6, 6.07) is 0. The van der Waals surface area contributed by atoms with Gasteiger partial charge in [-0.2, -0.15) is 0 Å². The van der Waals surface area contributed by atoms with Crippen molar-refractivity contribution in [3.05, 3.63) is 0 Å². The van der Waals surface area contributed by atoms with Gasteiger partial charge in [0.1, 0.15) is 0 Å². The van der Waals surface area contributed by atoms with Crippen molar-refractivity contribution in [1.29, 1.82) is 0 Å². The first-order valence-electron chi connectivity index (χ1n) is 5.41. The molecule has 1 nitrogen and oxygen atoms in total. The summed E-state index contributed by atoms with van der Waals surface area (Å²) in [6.07, 6.45) is 8.12. The largest absolute Gasteiger partial charge is 0.375 e. The lowest BCUT2D eigenvalue weighted by Gasteiger charge is -2.18. The van der Waals surface area contributed by atoms with E-state index >= 15 is 0 Å². The molecule has 0 N–H and O–H groups in total. The van der Waals surface area contributed by atoms with Crippen molar-refractivity contribution in [1.82, 2.24) is 0 Å². The number of rotatable bonds is 3. The molecule has 2 saturated heterocycles. The second kappa shape index (κ2) is 3.37. The Morgan fingerprint density at radius 2 is 2.17 bits per heavy atom. The summed E-state index contributed by atoms with van der Waals surface area (Å²) in [4.78, 5) is 0.